The molecule has 4 aliphatic carbocycles. The minimum absolute atomic E-state index is 0.0225. The Morgan fingerprint density at radius 2 is 1.64 bits per heavy atom. The first-order chi connectivity index (χ1) is 10.4. The molecule has 4 saturated carbocycles. The predicted octanol–water partition coefficient (Wildman–Crippen LogP) is 3.14. The van der Waals surface area contributed by atoms with Crippen LogP contribution in [0.5, 0.6) is 0 Å². The van der Waals surface area contributed by atoms with Crippen LogP contribution >= 0.6 is 0 Å². The number of ketones is 2. The van der Waals surface area contributed by atoms with Crippen LogP contribution in [0.2, 0.25) is 0 Å². The Morgan fingerprint density at radius 1 is 0.909 bits per heavy atom. The summed E-state index contributed by atoms with van der Waals surface area (Å²) in [4.78, 5) is 24.2. The zero-order valence-electron chi connectivity index (χ0n) is 13.8. The lowest BCUT2D eigenvalue weighted by atomic mass is 9.45. The molecule has 4 aliphatic rings. The highest BCUT2D eigenvalue weighted by Gasteiger charge is 2.61. The van der Waals surface area contributed by atoms with Gasteiger partial charge in [-0.2, -0.15) is 0 Å². The average molecular weight is 304 g/mol. The molecule has 0 saturated heterocycles. The van der Waals surface area contributed by atoms with Crippen molar-refractivity contribution in [1.29, 1.82) is 0 Å². The van der Waals surface area contributed by atoms with Crippen molar-refractivity contribution in [3.05, 3.63) is 0 Å². The molecule has 0 aromatic carbocycles. The summed E-state index contributed by atoms with van der Waals surface area (Å²) < 4.78 is 0. The maximum absolute atomic E-state index is 12.4. The van der Waals surface area contributed by atoms with E-state index in [9.17, 15) is 14.7 Å². The quantitative estimate of drug-likeness (QED) is 0.700. The van der Waals surface area contributed by atoms with Crippen molar-refractivity contribution in [2.75, 3.05) is 0 Å². The molecule has 0 bridgehead atoms. The summed E-state index contributed by atoms with van der Waals surface area (Å²) in [6.45, 7) is 4.57. The number of aliphatic hydroxyl groups is 1. The van der Waals surface area contributed by atoms with Gasteiger partial charge in [-0.25, -0.2) is 0 Å². The highest BCUT2D eigenvalue weighted by Crippen LogP contribution is 2.65. The van der Waals surface area contributed by atoms with Crippen LogP contribution in [0.25, 0.3) is 0 Å². The van der Waals surface area contributed by atoms with E-state index in [1.54, 1.807) is 0 Å². The van der Waals surface area contributed by atoms with E-state index in [1.165, 1.54) is 0 Å². The number of hydrogen-bond donors (Lipinski definition) is 1. The van der Waals surface area contributed by atoms with Crippen molar-refractivity contribution in [2.24, 2.45) is 34.5 Å². The third-order valence-electron chi connectivity index (χ3n) is 8.30. The lowest BCUT2D eigenvalue weighted by Gasteiger charge is -2.59. The fourth-order valence-corrected chi connectivity index (χ4v) is 6.92. The van der Waals surface area contributed by atoms with Crippen LogP contribution in [-0.4, -0.2) is 22.8 Å². The number of carbonyl (C=O) groups excluding carboxylic acids is 2. The molecule has 0 aromatic heterocycles. The summed E-state index contributed by atoms with van der Waals surface area (Å²) in [6, 6.07) is 0. The molecule has 4 fully saturated rings. The van der Waals surface area contributed by atoms with Crippen LogP contribution in [0, 0.1) is 34.5 Å². The molecular formula is C19H28O3. The third-order valence-corrected chi connectivity index (χ3v) is 8.30. The van der Waals surface area contributed by atoms with Crippen LogP contribution in [0.3, 0.4) is 0 Å². The van der Waals surface area contributed by atoms with Gasteiger partial charge >= 0.3 is 0 Å². The smallest absolute Gasteiger partial charge is 0.201 e. The summed E-state index contributed by atoms with van der Waals surface area (Å²) in [5, 5.41) is 10.4. The van der Waals surface area contributed by atoms with E-state index < -0.39 is 0 Å². The van der Waals surface area contributed by atoms with Gasteiger partial charge in [0.1, 0.15) is 0 Å². The Kier molecular flexibility index (Phi) is 3.15. The first-order valence-corrected chi connectivity index (χ1v) is 9.13. The van der Waals surface area contributed by atoms with Gasteiger partial charge in [-0.15, -0.1) is 0 Å². The summed E-state index contributed by atoms with van der Waals surface area (Å²) in [7, 11) is 0. The Morgan fingerprint density at radius 3 is 2.41 bits per heavy atom. The van der Waals surface area contributed by atoms with Crippen LogP contribution in [0.15, 0.2) is 0 Å². The first kappa shape index (κ1) is 14.9. The Bertz CT molecular complexity index is 527. The monoisotopic (exact) mass is 304 g/mol. The fourth-order valence-electron chi connectivity index (χ4n) is 6.92. The van der Waals surface area contributed by atoms with Crippen LogP contribution in [0.4, 0.5) is 0 Å². The standard InChI is InChI=1S/C19H28O3/c1-18-10-8-15(20)17(22)14(18)4-3-11-12-5-6-16(21)19(12,2)9-7-13(11)18/h11-14,16,21H,3-10H2,1-2H3/t11-,12-,13-,14?,16?,18+,19-/m0/s1. The van der Waals surface area contributed by atoms with E-state index in [4.69, 9.17) is 0 Å². The van der Waals surface area contributed by atoms with Crippen molar-refractivity contribution >= 4 is 11.6 Å². The summed E-state index contributed by atoms with van der Waals surface area (Å²) in [5.41, 5.74) is 0.127. The molecule has 2 unspecified atom stereocenters. The summed E-state index contributed by atoms with van der Waals surface area (Å²) in [5.74, 6) is 1.62. The molecule has 4 rings (SSSR count). The number of rotatable bonds is 0. The van der Waals surface area contributed by atoms with Gasteiger partial charge in [0, 0.05) is 12.3 Å². The van der Waals surface area contributed by atoms with Gasteiger partial charge in [0.2, 0.25) is 5.78 Å². The van der Waals surface area contributed by atoms with Crippen molar-refractivity contribution in [1.82, 2.24) is 0 Å². The van der Waals surface area contributed by atoms with E-state index in [-0.39, 0.29) is 34.4 Å². The lowest BCUT2D eigenvalue weighted by molar-refractivity contribution is -0.159. The molecule has 0 aliphatic heterocycles. The Labute approximate surface area is 132 Å². The maximum atomic E-state index is 12.4. The van der Waals surface area contributed by atoms with Crippen LogP contribution in [-0.2, 0) is 9.59 Å². The molecule has 0 amide bonds. The zero-order valence-corrected chi connectivity index (χ0v) is 13.8. The van der Waals surface area contributed by atoms with Crippen LogP contribution in [0.1, 0.15) is 65.2 Å². The average Bonchev–Trinajstić information content (AvgIpc) is 2.79. The Balaban J connectivity index is 1.67. The number of hydrogen-bond acceptors (Lipinski definition) is 3. The SMILES string of the molecule is C[C@]12CCC(=O)C(=O)C1CC[C@@H]1[C@@H]2CC[C@]2(C)C(O)CC[C@@H]12. The molecule has 7 atom stereocenters. The van der Waals surface area contributed by atoms with Gasteiger partial charge in [-0.3, -0.25) is 9.59 Å². The van der Waals surface area contributed by atoms with Gasteiger partial charge in [0.05, 0.1) is 6.10 Å². The predicted molar refractivity (Wildman–Crippen MR) is 83.1 cm³/mol. The normalized spacial score (nSPS) is 54.6. The van der Waals surface area contributed by atoms with Crippen molar-refractivity contribution in [3.8, 4) is 0 Å². The molecule has 3 heteroatoms. The highest BCUT2D eigenvalue weighted by atomic mass is 16.3. The Hall–Kier alpha value is -0.700. The second kappa shape index (κ2) is 4.66. The number of Topliss-reactive ketones (excluding diaryl/α,β-unsaturated/α-hetero) is 2. The largest absolute Gasteiger partial charge is 0.393 e. The molecule has 1 N–H and O–H groups in total. The fraction of sp³-hybridized carbons (Fsp3) is 0.895. The van der Waals surface area contributed by atoms with E-state index >= 15 is 0 Å². The minimum atomic E-state index is -0.140. The van der Waals surface area contributed by atoms with Crippen molar-refractivity contribution in [3.63, 3.8) is 0 Å². The van der Waals surface area contributed by atoms with Crippen molar-refractivity contribution in [2.45, 2.75) is 71.3 Å². The third kappa shape index (κ3) is 1.72. The minimum Gasteiger partial charge on any atom is -0.393 e. The van der Waals surface area contributed by atoms with E-state index in [0.29, 0.717) is 24.2 Å². The van der Waals surface area contributed by atoms with Crippen LogP contribution < -0.4 is 0 Å². The molecular weight excluding hydrogens is 276 g/mol. The molecule has 22 heavy (non-hydrogen) atoms. The molecule has 0 heterocycles. The van der Waals surface area contributed by atoms with Gasteiger partial charge < -0.3 is 5.11 Å². The first-order valence-electron chi connectivity index (χ1n) is 9.13. The number of carbonyl (C=O) groups is 2. The number of aliphatic hydroxyl groups excluding tert-OH is 1. The summed E-state index contributed by atoms with van der Waals surface area (Å²) >= 11 is 0. The molecule has 0 aromatic rings. The van der Waals surface area contributed by atoms with E-state index in [0.717, 1.165) is 44.9 Å². The second-order valence-corrected chi connectivity index (χ2v) is 8.94. The van der Waals surface area contributed by atoms with Crippen molar-refractivity contribution < 1.29 is 14.7 Å². The molecule has 122 valence electrons. The zero-order chi connectivity index (χ0) is 15.7. The second-order valence-electron chi connectivity index (χ2n) is 8.94. The lowest BCUT2D eigenvalue weighted by Crippen LogP contribution is -2.56. The summed E-state index contributed by atoms with van der Waals surface area (Å²) in [6.07, 6.45) is 7.50. The van der Waals surface area contributed by atoms with E-state index in [2.05, 4.69) is 13.8 Å². The van der Waals surface area contributed by atoms with Gasteiger partial charge in [-0.1, -0.05) is 13.8 Å². The topological polar surface area (TPSA) is 54.4 Å². The molecule has 3 nitrogen and oxygen atoms in total. The van der Waals surface area contributed by atoms with E-state index in [1.807, 2.05) is 0 Å². The maximum Gasteiger partial charge on any atom is 0.201 e. The van der Waals surface area contributed by atoms with Gasteiger partial charge in [0.25, 0.3) is 0 Å². The molecule has 0 spiro atoms. The van der Waals surface area contributed by atoms with Gasteiger partial charge in [-0.05, 0) is 73.5 Å². The highest BCUT2D eigenvalue weighted by molar-refractivity contribution is 6.38. The van der Waals surface area contributed by atoms with Gasteiger partial charge in [0.15, 0.2) is 5.78 Å². The molecule has 0 radical (unpaired) electrons. The number of fused-ring (bicyclic) bond motifs is 5.